The molecule has 3 aliphatic rings. The Morgan fingerprint density at radius 3 is 2.14 bits per heavy atom. The Labute approximate surface area is 205 Å². The molecule has 2 saturated carbocycles. The molecule has 2 atom stereocenters. The lowest BCUT2D eigenvalue weighted by Crippen LogP contribution is -2.66. The number of carboxylic acid groups (broad SMARTS) is 1. The van der Waals surface area contributed by atoms with E-state index >= 15 is 0 Å². The van der Waals surface area contributed by atoms with Gasteiger partial charge in [-0.2, -0.15) is 0 Å². The number of carboxylic acids is 1. The van der Waals surface area contributed by atoms with Crippen molar-refractivity contribution >= 4 is 18.0 Å². The highest BCUT2D eigenvalue weighted by Gasteiger charge is 2.50. The molecule has 5 rings (SSSR count). The number of carbonyl (C=O) groups is 3. The summed E-state index contributed by atoms with van der Waals surface area (Å²) < 4.78 is 5.67. The molecule has 0 saturated heterocycles. The van der Waals surface area contributed by atoms with Gasteiger partial charge >= 0.3 is 12.1 Å². The molecule has 0 aliphatic heterocycles. The van der Waals surface area contributed by atoms with Crippen LogP contribution >= 0.6 is 0 Å². The topological polar surface area (TPSA) is 105 Å². The third-order valence-corrected chi connectivity index (χ3v) is 8.33. The smallest absolute Gasteiger partial charge is 0.408 e. The van der Waals surface area contributed by atoms with E-state index in [1.165, 1.54) is 0 Å². The van der Waals surface area contributed by atoms with Crippen LogP contribution in [0, 0.1) is 5.41 Å². The van der Waals surface area contributed by atoms with Crippen LogP contribution in [0.2, 0.25) is 0 Å². The summed E-state index contributed by atoms with van der Waals surface area (Å²) in [4.78, 5) is 38.1. The summed E-state index contributed by atoms with van der Waals surface area (Å²) in [6.45, 7) is 1.88. The second kappa shape index (κ2) is 9.02. The highest BCUT2D eigenvalue weighted by molar-refractivity contribution is 5.92. The van der Waals surface area contributed by atoms with Crippen molar-refractivity contribution < 1.29 is 24.2 Å². The largest absolute Gasteiger partial charge is 0.481 e. The first kappa shape index (κ1) is 23.4. The minimum absolute atomic E-state index is 0.0576. The lowest BCUT2D eigenvalue weighted by Gasteiger charge is -2.44. The second-order valence-electron chi connectivity index (χ2n) is 10.4. The maximum atomic E-state index is 13.3. The molecule has 2 unspecified atom stereocenters. The van der Waals surface area contributed by atoms with Gasteiger partial charge in [0, 0.05) is 12.0 Å². The minimum Gasteiger partial charge on any atom is -0.481 e. The van der Waals surface area contributed by atoms with E-state index in [4.69, 9.17) is 4.74 Å². The molecule has 0 bridgehead atoms. The van der Waals surface area contributed by atoms with Crippen molar-refractivity contribution in [1.29, 1.82) is 0 Å². The first-order chi connectivity index (χ1) is 16.8. The van der Waals surface area contributed by atoms with E-state index < -0.39 is 29.1 Å². The Kier molecular flexibility index (Phi) is 6.03. The molecule has 0 radical (unpaired) electrons. The van der Waals surface area contributed by atoms with Crippen LogP contribution < -0.4 is 10.6 Å². The lowest BCUT2D eigenvalue weighted by atomic mass is 9.70. The fourth-order valence-electron chi connectivity index (χ4n) is 5.89. The van der Waals surface area contributed by atoms with Crippen molar-refractivity contribution in [2.24, 2.45) is 5.41 Å². The van der Waals surface area contributed by atoms with Crippen molar-refractivity contribution in [2.75, 3.05) is 6.61 Å². The van der Waals surface area contributed by atoms with E-state index in [2.05, 4.69) is 34.9 Å². The third kappa shape index (κ3) is 4.07. The van der Waals surface area contributed by atoms with Crippen molar-refractivity contribution in [3.63, 3.8) is 0 Å². The second-order valence-corrected chi connectivity index (χ2v) is 10.4. The van der Waals surface area contributed by atoms with Crippen LogP contribution in [0.25, 0.3) is 11.1 Å². The summed E-state index contributed by atoms with van der Waals surface area (Å²) in [5.41, 5.74) is 2.52. The fourth-order valence-corrected chi connectivity index (χ4v) is 5.89. The molecule has 184 valence electrons. The number of carbonyl (C=O) groups excluding carboxylic acids is 2. The Morgan fingerprint density at radius 2 is 1.57 bits per heavy atom. The molecular formula is C28H32N2O5. The number of alkyl carbamates (subject to hydrolysis) is 1. The van der Waals surface area contributed by atoms with Crippen molar-refractivity contribution in [3.8, 4) is 11.1 Å². The first-order valence-corrected chi connectivity index (χ1v) is 12.5. The van der Waals surface area contributed by atoms with Crippen molar-refractivity contribution in [3.05, 3.63) is 59.7 Å². The Balaban J connectivity index is 1.25. The van der Waals surface area contributed by atoms with E-state index in [0.29, 0.717) is 25.7 Å². The normalized spacial score (nSPS) is 24.4. The van der Waals surface area contributed by atoms with Gasteiger partial charge < -0.3 is 20.5 Å². The molecule has 0 spiro atoms. The van der Waals surface area contributed by atoms with E-state index in [1.54, 1.807) is 6.92 Å². The molecule has 0 aromatic heterocycles. The van der Waals surface area contributed by atoms with Crippen molar-refractivity contribution in [1.82, 2.24) is 10.6 Å². The summed E-state index contributed by atoms with van der Waals surface area (Å²) in [6.07, 6.45) is 4.08. The predicted molar refractivity (Wildman–Crippen MR) is 131 cm³/mol. The summed E-state index contributed by atoms with van der Waals surface area (Å²) in [7, 11) is 0. The van der Waals surface area contributed by atoms with Gasteiger partial charge in [0.2, 0.25) is 5.91 Å². The fraction of sp³-hybridized carbons (Fsp3) is 0.464. The molecule has 3 N–H and O–H groups in total. The first-order valence-electron chi connectivity index (χ1n) is 12.5. The van der Waals surface area contributed by atoms with Crippen LogP contribution in [0.4, 0.5) is 4.79 Å². The summed E-state index contributed by atoms with van der Waals surface area (Å²) in [5.74, 6) is -1.26. The van der Waals surface area contributed by atoms with Gasteiger partial charge in [0.15, 0.2) is 0 Å². The number of nitrogens with one attached hydrogen (secondary N) is 2. The number of ether oxygens (including phenoxy) is 1. The highest BCUT2D eigenvalue weighted by Crippen LogP contribution is 2.44. The van der Waals surface area contributed by atoms with Gasteiger partial charge in [0.05, 0.1) is 5.41 Å². The van der Waals surface area contributed by atoms with Gasteiger partial charge in [0.1, 0.15) is 12.1 Å². The quantitative estimate of drug-likeness (QED) is 0.565. The molecule has 3 aliphatic carbocycles. The molecule has 0 heterocycles. The number of aliphatic carboxylic acids is 1. The molecule has 7 nitrogen and oxygen atoms in total. The van der Waals surface area contributed by atoms with Gasteiger partial charge in [-0.15, -0.1) is 0 Å². The number of amides is 2. The maximum absolute atomic E-state index is 13.3. The molecule has 2 fully saturated rings. The van der Waals surface area contributed by atoms with E-state index in [1.807, 2.05) is 24.3 Å². The summed E-state index contributed by atoms with van der Waals surface area (Å²) >= 11 is 0. The van der Waals surface area contributed by atoms with E-state index in [-0.39, 0.29) is 18.4 Å². The number of benzene rings is 2. The highest BCUT2D eigenvalue weighted by atomic mass is 16.5. The SMILES string of the molecule is CC1(C(=O)O)CCCCC1NC(=O)C1(NC(=O)OCC2c3ccccc3-c3ccccc32)CCC1. The lowest BCUT2D eigenvalue weighted by molar-refractivity contribution is -0.152. The Bertz CT molecular complexity index is 1110. The van der Waals surface area contributed by atoms with Gasteiger partial charge in [-0.1, -0.05) is 61.4 Å². The van der Waals surface area contributed by atoms with E-state index in [0.717, 1.165) is 41.5 Å². The van der Waals surface area contributed by atoms with Gasteiger partial charge in [0.25, 0.3) is 0 Å². The molecule has 35 heavy (non-hydrogen) atoms. The number of hydrogen-bond donors (Lipinski definition) is 3. The zero-order chi connectivity index (χ0) is 24.6. The number of rotatable bonds is 6. The Morgan fingerprint density at radius 1 is 0.943 bits per heavy atom. The van der Waals surface area contributed by atoms with Gasteiger partial charge in [-0.05, 0) is 61.3 Å². The average Bonchev–Trinajstić information content (AvgIpc) is 3.15. The van der Waals surface area contributed by atoms with E-state index in [9.17, 15) is 19.5 Å². The van der Waals surface area contributed by atoms with Crippen LogP contribution in [0.3, 0.4) is 0 Å². The zero-order valence-electron chi connectivity index (χ0n) is 20.0. The summed E-state index contributed by atoms with van der Waals surface area (Å²) in [5, 5.41) is 15.6. The zero-order valence-corrected chi connectivity index (χ0v) is 20.0. The predicted octanol–water partition coefficient (Wildman–Crippen LogP) is 4.60. The monoisotopic (exact) mass is 476 g/mol. The standard InChI is InChI=1S/C28H32N2O5/c1-27(25(32)33)14-7-6-13-23(27)29-24(31)28(15-8-16-28)30-26(34)35-17-22-20-11-4-2-9-18(20)19-10-3-5-12-21(19)22/h2-5,9-12,22-23H,6-8,13-17H2,1H3,(H,29,31)(H,30,34)(H,32,33). The van der Waals surface area contributed by atoms with Gasteiger partial charge in [-0.25, -0.2) is 4.79 Å². The van der Waals surface area contributed by atoms with Gasteiger partial charge in [-0.3, -0.25) is 9.59 Å². The molecule has 2 aromatic carbocycles. The number of fused-ring (bicyclic) bond motifs is 3. The third-order valence-electron chi connectivity index (χ3n) is 8.33. The Hall–Kier alpha value is -3.35. The van der Waals surface area contributed by atoms with Crippen LogP contribution in [0.5, 0.6) is 0 Å². The molecule has 2 amide bonds. The molecular weight excluding hydrogens is 444 g/mol. The number of hydrogen-bond acceptors (Lipinski definition) is 4. The maximum Gasteiger partial charge on any atom is 0.408 e. The average molecular weight is 477 g/mol. The molecule has 7 heteroatoms. The van der Waals surface area contributed by atoms with Crippen LogP contribution in [-0.2, 0) is 14.3 Å². The van der Waals surface area contributed by atoms with Crippen molar-refractivity contribution in [2.45, 2.75) is 69.4 Å². The van der Waals surface area contributed by atoms with Crippen LogP contribution in [0.1, 0.15) is 68.9 Å². The molecule has 2 aromatic rings. The van der Waals surface area contributed by atoms with Crippen LogP contribution in [-0.4, -0.2) is 41.3 Å². The summed E-state index contributed by atoms with van der Waals surface area (Å²) in [6, 6.07) is 15.8. The van der Waals surface area contributed by atoms with Crippen LogP contribution in [0.15, 0.2) is 48.5 Å². The minimum atomic E-state index is -1.04.